The molecule has 3 nitrogen and oxygen atoms in total. The highest BCUT2D eigenvalue weighted by Gasteiger charge is 2.34. The summed E-state index contributed by atoms with van der Waals surface area (Å²) in [5.74, 6) is -0.0402. The number of hydrogen-bond donors (Lipinski definition) is 0. The third-order valence-electron chi connectivity index (χ3n) is 3.05. The molecule has 0 spiro atoms. The second-order valence-corrected chi connectivity index (χ2v) is 5.58. The van der Waals surface area contributed by atoms with Crippen LogP contribution in [-0.4, -0.2) is 30.9 Å². The first-order chi connectivity index (χ1) is 9.13. The lowest BCUT2D eigenvalue weighted by Gasteiger charge is -2.10. The average molecular weight is 331 g/mol. The van der Waals surface area contributed by atoms with Crippen molar-refractivity contribution in [3.05, 3.63) is 29.6 Å². The van der Waals surface area contributed by atoms with Gasteiger partial charge in [-0.2, -0.15) is 0 Å². The van der Waals surface area contributed by atoms with Gasteiger partial charge in [0.15, 0.2) is 17.3 Å². The Morgan fingerprint density at radius 2 is 2.21 bits per heavy atom. The largest absolute Gasteiger partial charge is 0.488 e. The monoisotopic (exact) mass is 330 g/mol. The molecule has 1 aliphatic rings. The summed E-state index contributed by atoms with van der Waals surface area (Å²) in [6, 6.07) is 4.33. The van der Waals surface area contributed by atoms with E-state index in [2.05, 4.69) is 15.9 Å². The molecule has 104 valence electrons. The van der Waals surface area contributed by atoms with E-state index in [4.69, 9.17) is 9.47 Å². The Hall–Kier alpha value is -0.940. The number of rotatable bonds is 7. The van der Waals surface area contributed by atoms with Gasteiger partial charge in [-0.3, -0.25) is 4.79 Å². The van der Waals surface area contributed by atoms with E-state index in [1.165, 1.54) is 12.1 Å². The van der Waals surface area contributed by atoms with Gasteiger partial charge >= 0.3 is 0 Å². The van der Waals surface area contributed by atoms with Crippen LogP contribution in [0.4, 0.5) is 4.39 Å². The standard InChI is InChI=1S/C14H16BrFO3/c1-18-6-7-19-12-5-4-10(8-11(12)16)14(17)13(15)9-2-3-9/h4-5,8-9,13H,2-3,6-7H2,1H3. The Morgan fingerprint density at radius 3 is 2.79 bits per heavy atom. The Balaban J connectivity index is 2.03. The first-order valence-corrected chi connectivity index (χ1v) is 7.14. The van der Waals surface area contributed by atoms with Gasteiger partial charge in [0.25, 0.3) is 0 Å². The van der Waals surface area contributed by atoms with Crippen LogP contribution in [0.5, 0.6) is 5.75 Å². The van der Waals surface area contributed by atoms with Crippen molar-refractivity contribution in [2.75, 3.05) is 20.3 Å². The van der Waals surface area contributed by atoms with Crippen LogP contribution in [-0.2, 0) is 4.74 Å². The highest BCUT2D eigenvalue weighted by molar-refractivity contribution is 9.10. The van der Waals surface area contributed by atoms with E-state index in [-0.39, 0.29) is 23.0 Å². The third-order valence-corrected chi connectivity index (χ3v) is 4.21. The molecule has 5 heteroatoms. The normalized spacial score (nSPS) is 16.2. The predicted molar refractivity (Wildman–Crippen MR) is 73.5 cm³/mol. The molecule has 1 saturated carbocycles. The molecule has 0 aliphatic heterocycles. The van der Waals surface area contributed by atoms with Gasteiger partial charge in [-0.15, -0.1) is 0 Å². The lowest BCUT2D eigenvalue weighted by atomic mass is 10.1. The molecule has 0 heterocycles. The highest BCUT2D eigenvalue weighted by atomic mass is 79.9. The number of benzene rings is 1. The Morgan fingerprint density at radius 1 is 1.47 bits per heavy atom. The molecule has 0 saturated heterocycles. The van der Waals surface area contributed by atoms with E-state index in [9.17, 15) is 9.18 Å². The minimum Gasteiger partial charge on any atom is -0.488 e. The second kappa shape index (κ2) is 6.48. The van der Waals surface area contributed by atoms with Crippen LogP contribution in [0.1, 0.15) is 23.2 Å². The number of ether oxygens (including phenoxy) is 2. The Bertz CT molecular complexity index is 460. The second-order valence-electron chi connectivity index (χ2n) is 4.59. The van der Waals surface area contributed by atoms with Crippen LogP contribution >= 0.6 is 15.9 Å². The smallest absolute Gasteiger partial charge is 0.176 e. The van der Waals surface area contributed by atoms with Crippen LogP contribution < -0.4 is 4.74 Å². The van der Waals surface area contributed by atoms with Gasteiger partial charge in [0, 0.05) is 12.7 Å². The van der Waals surface area contributed by atoms with Gasteiger partial charge in [-0.05, 0) is 37.0 Å². The predicted octanol–water partition coefficient (Wildman–Crippen LogP) is 3.21. The molecule has 1 aromatic carbocycles. The van der Waals surface area contributed by atoms with E-state index < -0.39 is 5.82 Å². The molecular weight excluding hydrogens is 315 g/mol. The van der Waals surface area contributed by atoms with Gasteiger partial charge in [-0.1, -0.05) is 15.9 Å². The molecule has 0 amide bonds. The maximum Gasteiger partial charge on any atom is 0.176 e. The summed E-state index contributed by atoms with van der Waals surface area (Å²) in [5.41, 5.74) is 0.380. The van der Waals surface area contributed by atoms with Crippen LogP contribution in [0.3, 0.4) is 0 Å². The fourth-order valence-corrected chi connectivity index (χ4v) is 2.56. The van der Waals surface area contributed by atoms with Gasteiger partial charge < -0.3 is 9.47 Å². The fourth-order valence-electron chi connectivity index (χ4n) is 1.77. The van der Waals surface area contributed by atoms with Crippen molar-refractivity contribution in [3.8, 4) is 5.75 Å². The number of alkyl halides is 1. The number of methoxy groups -OCH3 is 1. The number of ketones is 1. The van der Waals surface area contributed by atoms with Crippen molar-refractivity contribution in [1.29, 1.82) is 0 Å². The first-order valence-electron chi connectivity index (χ1n) is 6.23. The van der Waals surface area contributed by atoms with E-state index in [1.54, 1.807) is 13.2 Å². The fraction of sp³-hybridized carbons (Fsp3) is 0.500. The van der Waals surface area contributed by atoms with Crippen molar-refractivity contribution in [1.82, 2.24) is 0 Å². The Labute approximate surface area is 120 Å². The van der Waals surface area contributed by atoms with Gasteiger partial charge in [0.2, 0.25) is 0 Å². The van der Waals surface area contributed by atoms with Gasteiger partial charge in [0.1, 0.15) is 6.61 Å². The lowest BCUT2D eigenvalue weighted by molar-refractivity contribution is 0.0984. The number of Topliss-reactive ketones (excluding diaryl/α,β-unsaturated/α-hetero) is 1. The Kier molecular flexibility index (Phi) is 4.93. The topological polar surface area (TPSA) is 35.5 Å². The van der Waals surface area contributed by atoms with E-state index in [0.29, 0.717) is 18.1 Å². The van der Waals surface area contributed by atoms with Crippen LogP contribution in [0.15, 0.2) is 18.2 Å². The quantitative estimate of drug-likeness (QED) is 0.437. The molecule has 1 atom stereocenters. The molecule has 0 radical (unpaired) electrons. The molecule has 1 aromatic rings. The van der Waals surface area contributed by atoms with E-state index in [1.807, 2.05) is 0 Å². The SMILES string of the molecule is COCCOc1ccc(C(=O)C(Br)C2CC2)cc1F. The van der Waals surface area contributed by atoms with Crippen molar-refractivity contribution < 1.29 is 18.7 Å². The highest BCUT2D eigenvalue weighted by Crippen LogP contribution is 2.38. The van der Waals surface area contributed by atoms with Gasteiger partial charge in [0.05, 0.1) is 11.4 Å². The molecule has 0 N–H and O–H groups in total. The molecular formula is C14H16BrFO3. The summed E-state index contributed by atoms with van der Waals surface area (Å²) >= 11 is 3.38. The van der Waals surface area contributed by atoms with Gasteiger partial charge in [-0.25, -0.2) is 4.39 Å². The van der Waals surface area contributed by atoms with Crippen molar-refractivity contribution in [2.45, 2.75) is 17.7 Å². The first kappa shape index (κ1) is 14.5. The summed E-state index contributed by atoms with van der Waals surface area (Å²) in [5, 5.41) is 0. The lowest BCUT2D eigenvalue weighted by Crippen LogP contribution is -2.16. The molecule has 0 bridgehead atoms. The van der Waals surface area contributed by atoms with Crippen LogP contribution in [0, 0.1) is 11.7 Å². The molecule has 1 fully saturated rings. The average Bonchev–Trinajstić information content (AvgIpc) is 3.23. The zero-order valence-corrected chi connectivity index (χ0v) is 12.3. The summed E-state index contributed by atoms with van der Waals surface area (Å²) in [7, 11) is 1.55. The summed E-state index contributed by atoms with van der Waals surface area (Å²) in [4.78, 5) is 11.9. The minimum absolute atomic E-state index is 0.0650. The van der Waals surface area contributed by atoms with Crippen molar-refractivity contribution in [2.24, 2.45) is 5.92 Å². The van der Waals surface area contributed by atoms with Crippen molar-refractivity contribution >= 4 is 21.7 Å². The van der Waals surface area contributed by atoms with Crippen molar-refractivity contribution in [3.63, 3.8) is 0 Å². The zero-order valence-electron chi connectivity index (χ0n) is 10.7. The molecule has 19 heavy (non-hydrogen) atoms. The maximum atomic E-state index is 13.8. The summed E-state index contributed by atoms with van der Waals surface area (Å²) in [6.45, 7) is 0.676. The number of carbonyl (C=O) groups excluding carboxylic acids is 1. The minimum atomic E-state index is -0.516. The van der Waals surface area contributed by atoms with E-state index in [0.717, 1.165) is 12.8 Å². The molecule has 2 rings (SSSR count). The molecule has 0 aromatic heterocycles. The third kappa shape index (κ3) is 3.76. The summed E-state index contributed by atoms with van der Waals surface area (Å²) < 4.78 is 23.8. The van der Waals surface area contributed by atoms with Crippen LogP contribution in [0.2, 0.25) is 0 Å². The van der Waals surface area contributed by atoms with E-state index >= 15 is 0 Å². The zero-order chi connectivity index (χ0) is 13.8. The molecule has 1 aliphatic carbocycles. The summed E-state index contributed by atoms with van der Waals surface area (Å²) in [6.07, 6.45) is 2.12. The number of hydrogen-bond acceptors (Lipinski definition) is 3. The molecule has 1 unspecified atom stereocenters. The number of carbonyl (C=O) groups is 1. The number of halogens is 2. The maximum absolute atomic E-state index is 13.8. The van der Waals surface area contributed by atoms with Crippen LogP contribution in [0.25, 0.3) is 0 Å².